The van der Waals surface area contributed by atoms with E-state index >= 15 is 0 Å². The minimum absolute atomic E-state index is 0.207. The number of aryl methyl sites for hydroxylation is 1. The van der Waals surface area contributed by atoms with Gasteiger partial charge >= 0.3 is 0 Å². The van der Waals surface area contributed by atoms with Crippen LogP contribution >= 0.6 is 0 Å². The fraction of sp³-hybridized carbons (Fsp3) is 0.583. The van der Waals surface area contributed by atoms with E-state index in [9.17, 15) is 5.11 Å². The highest BCUT2D eigenvalue weighted by Gasteiger charge is 2.25. The third-order valence-electron chi connectivity index (χ3n) is 2.88. The molecule has 0 saturated heterocycles. The van der Waals surface area contributed by atoms with Gasteiger partial charge in [0.2, 0.25) is 11.7 Å². The van der Waals surface area contributed by atoms with Crippen molar-refractivity contribution < 1.29 is 9.63 Å². The van der Waals surface area contributed by atoms with Crippen LogP contribution < -0.4 is 0 Å². The van der Waals surface area contributed by atoms with E-state index < -0.39 is 6.10 Å². The molecule has 0 fully saturated rings. The van der Waals surface area contributed by atoms with E-state index in [1.807, 2.05) is 32.4 Å². The lowest BCUT2D eigenvalue weighted by Crippen LogP contribution is -2.28. The Balaban J connectivity index is 2.15. The highest BCUT2D eigenvalue weighted by Crippen LogP contribution is 2.22. The van der Waals surface area contributed by atoms with Crippen LogP contribution in [0.15, 0.2) is 17.0 Å². The van der Waals surface area contributed by atoms with Crippen molar-refractivity contribution in [3.63, 3.8) is 0 Å². The first-order valence-electron chi connectivity index (χ1n) is 5.85. The first kappa shape index (κ1) is 12.8. The van der Waals surface area contributed by atoms with E-state index in [1.165, 1.54) is 0 Å². The molecular formula is C12H18N4O2. The zero-order chi connectivity index (χ0) is 13.3. The Bertz CT molecular complexity index is 524. The first-order chi connectivity index (χ1) is 8.38. The summed E-state index contributed by atoms with van der Waals surface area (Å²) in [4.78, 5) is 8.27. The Kier molecular flexibility index (Phi) is 3.21. The van der Waals surface area contributed by atoms with Gasteiger partial charge in [-0.15, -0.1) is 0 Å². The van der Waals surface area contributed by atoms with Crippen molar-refractivity contribution in [1.29, 1.82) is 0 Å². The van der Waals surface area contributed by atoms with Crippen molar-refractivity contribution in [2.75, 3.05) is 0 Å². The van der Waals surface area contributed by atoms with Crippen LogP contribution in [-0.2, 0) is 13.5 Å². The Morgan fingerprint density at radius 1 is 1.44 bits per heavy atom. The standard InChI is InChI=1S/C12H18N4O2/c1-12(2,3)9(17)5-10-14-11(15-18-10)8-6-13-7-16(8)4/h6-7,9,17H,5H2,1-4H3. The number of imidazole rings is 1. The van der Waals surface area contributed by atoms with Crippen LogP contribution in [0.5, 0.6) is 0 Å². The van der Waals surface area contributed by atoms with Gasteiger partial charge in [-0.2, -0.15) is 4.98 Å². The molecule has 0 aliphatic rings. The summed E-state index contributed by atoms with van der Waals surface area (Å²) < 4.78 is 6.96. The van der Waals surface area contributed by atoms with Gasteiger partial charge in [-0.05, 0) is 5.41 Å². The molecule has 18 heavy (non-hydrogen) atoms. The first-order valence-corrected chi connectivity index (χ1v) is 5.85. The van der Waals surface area contributed by atoms with Crippen LogP contribution in [0, 0.1) is 5.41 Å². The fourth-order valence-electron chi connectivity index (χ4n) is 1.49. The summed E-state index contributed by atoms with van der Waals surface area (Å²) in [6.45, 7) is 5.90. The van der Waals surface area contributed by atoms with Gasteiger partial charge in [-0.3, -0.25) is 0 Å². The molecule has 0 spiro atoms. The number of hydrogen-bond donors (Lipinski definition) is 1. The van der Waals surface area contributed by atoms with Crippen LogP contribution in [0.1, 0.15) is 26.7 Å². The summed E-state index contributed by atoms with van der Waals surface area (Å²) in [7, 11) is 1.86. The lowest BCUT2D eigenvalue weighted by atomic mass is 9.87. The number of rotatable bonds is 3. The van der Waals surface area contributed by atoms with Crippen LogP contribution in [0.25, 0.3) is 11.5 Å². The number of nitrogens with zero attached hydrogens (tertiary/aromatic N) is 4. The topological polar surface area (TPSA) is 77.0 Å². The summed E-state index contributed by atoms with van der Waals surface area (Å²) in [5, 5.41) is 13.9. The second kappa shape index (κ2) is 4.53. The Morgan fingerprint density at radius 2 is 2.17 bits per heavy atom. The zero-order valence-corrected chi connectivity index (χ0v) is 11.1. The number of aliphatic hydroxyl groups is 1. The summed E-state index contributed by atoms with van der Waals surface area (Å²) in [5.74, 6) is 0.930. The molecule has 2 aromatic heterocycles. The summed E-state index contributed by atoms with van der Waals surface area (Å²) >= 11 is 0. The lowest BCUT2D eigenvalue weighted by molar-refractivity contribution is 0.0565. The maximum absolute atomic E-state index is 9.99. The Morgan fingerprint density at radius 3 is 2.72 bits per heavy atom. The van der Waals surface area contributed by atoms with Gasteiger partial charge < -0.3 is 14.2 Å². The molecule has 0 radical (unpaired) electrons. The highest BCUT2D eigenvalue weighted by molar-refractivity contribution is 5.46. The average Bonchev–Trinajstić information content (AvgIpc) is 2.85. The quantitative estimate of drug-likeness (QED) is 0.891. The second-order valence-corrected chi connectivity index (χ2v) is 5.49. The molecule has 0 aliphatic heterocycles. The molecule has 0 bridgehead atoms. The Hall–Kier alpha value is -1.69. The average molecular weight is 250 g/mol. The molecule has 2 aromatic rings. The molecule has 1 unspecified atom stereocenters. The summed E-state index contributed by atoms with van der Waals surface area (Å²) in [6.07, 6.45) is 3.19. The molecule has 6 heteroatoms. The van der Waals surface area contributed by atoms with Gasteiger partial charge in [-0.1, -0.05) is 25.9 Å². The SMILES string of the molecule is Cn1cncc1-c1noc(CC(O)C(C)(C)C)n1. The molecule has 98 valence electrons. The van der Waals surface area contributed by atoms with Crippen molar-refractivity contribution in [2.24, 2.45) is 12.5 Å². The molecule has 6 nitrogen and oxygen atoms in total. The molecule has 2 heterocycles. The van der Waals surface area contributed by atoms with E-state index in [2.05, 4.69) is 15.1 Å². The minimum atomic E-state index is -0.516. The number of aliphatic hydroxyl groups excluding tert-OH is 1. The van der Waals surface area contributed by atoms with Gasteiger partial charge in [-0.25, -0.2) is 4.98 Å². The van der Waals surface area contributed by atoms with Crippen molar-refractivity contribution in [3.8, 4) is 11.5 Å². The highest BCUT2D eigenvalue weighted by atomic mass is 16.5. The molecular weight excluding hydrogens is 232 g/mol. The zero-order valence-electron chi connectivity index (χ0n) is 11.1. The third kappa shape index (κ3) is 2.59. The molecule has 2 rings (SSSR count). The van der Waals surface area contributed by atoms with E-state index in [1.54, 1.807) is 12.5 Å². The molecule has 0 amide bonds. The van der Waals surface area contributed by atoms with Gasteiger partial charge in [0.25, 0.3) is 0 Å². The van der Waals surface area contributed by atoms with Crippen molar-refractivity contribution in [1.82, 2.24) is 19.7 Å². The van der Waals surface area contributed by atoms with Crippen LogP contribution in [0.2, 0.25) is 0 Å². The van der Waals surface area contributed by atoms with Crippen LogP contribution in [0.4, 0.5) is 0 Å². The summed E-state index contributed by atoms with van der Waals surface area (Å²) in [5.41, 5.74) is 0.580. The van der Waals surface area contributed by atoms with E-state index in [0.29, 0.717) is 18.1 Å². The van der Waals surface area contributed by atoms with E-state index in [4.69, 9.17) is 4.52 Å². The van der Waals surface area contributed by atoms with Crippen LogP contribution in [-0.4, -0.2) is 30.9 Å². The van der Waals surface area contributed by atoms with Gasteiger partial charge in [0.1, 0.15) is 5.69 Å². The van der Waals surface area contributed by atoms with Crippen molar-refractivity contribution in [2.45, 2.75) is 33.3 Å². The third-order valence-corrected chi connectivity index (χ3v) is 2.88. The van der Waals surface area contributed by atoms with Gasteiger partial charge in [0.05, 0.1) is 25.0 Å². The normalized spacial score (nSPS) is 13.8. The van der Waals surface area contributed by atoms with E-state index in [0.717, 1.165) is 5.69 Å². The largest absolute Gasteiger partial charge is 0.392 e. The molecule has 0 aliphatic carbocycles. The number of aromatic nitrogens is 4. The predicted molar refractivity (Wildman–Crippen MR) is 65.7 cm³/mol. The maximum atomic E-state index is 9.99. The van der Waals surface area contributed by atoms with Crippen molar-refractivity contribution >= 4 is 0 Å². The second-order valence-electron chi connectivity index (χ2n) is 5.49. The van der Waals surface area contributed by atoms with Gasteiger partial charge in [0, 0.05) is 7.05 Å². The predicted octanol–water partition coefficient (Wildman–Crippen LogP) is 1.42. The minimum Gasteiger partial charge on any atom is -0.392 e. The molecule has 0 saturated carbocycles. The molecule has 0 aromatic carbocycles. The van der Waals surface area contributed by atoms with Crippen LogP contribution in [0.3, 0.4) is 0 Å². The smallest absolute Gasteiger partial charge is 0.229 e. The van der Waals surface area contributed by atoms with E-state index in [-0.39, 0.29) is 5.41 Å². The number of hydrogen-bond acceptors (Lipinski definition) is 5. The fourth-order valence-corrected chi connectivity index (χ4v) is 1.49. The maximum Gasteiger partial charge on any atom is 0.229 e. The molecule has 1 atom stereocenters. The van der Waals surface area contributed by atoms with Gasteiger partial charge in [0.15, 0.2) is 0 Å². The monoisotopic (exact) mass is 250 g/mol. The Labute approximate surface area is 106 Å². The molecule has 1 N–H and O–H groups in total. The van der Waals surface area contributed by atoms with Crippen molar-refractivity contribution in [3.05, 3.63) is 18.4 Å². The lowest BCUT2D eigenvalue weighted by Gasteiger charge is -2.24. The summed E-state index contributed by atoms with van der Waals surface area (Å²) in [6, 6.07) is 0.